The Kier molecular flexibility index (Phi) is 3.82. The summed E-state index contributed by atoms with van der Waals surface area (Å²) in [5.74, 6) is 2.44. The first-order chi connectivity index (χ1) is 9.11. The first kappa shape index (κ1) is 13.1. The lowest BCUT2D eigenvalue weighted by molar-refractivity contribution is 0.0942. The number of amides is 1. The third-order valence-electron chi connectivity index (χ3n) is 2.89. The Hall–Kier alpha value is -2.34. The summed E-state index contributed by atoms with van der Waals surface area (Å²) in [6.07, 6.45) is 5.77. The molecule has 0 saturated heterocycles. The number of terminal acetylenes is 1. The molecule has 1 heterocycles. The molecule has 0 saturated carbocycles. The maximum atomic E-state index is 12.3. The maximum absolute atomic E-state index is 12.3. The number of carbonyl (C=O) groups is 1. The van der Waals surface area contributed by atoms with Crippen LogP contribution in [0.1, 0.15) is 29.4 Å². The summed E-state index contributed by atoms with van der Waals surface area (Å²) in [7, 11) is 0. The van der Waals surface area contributed by atoms with Crippen molar-refractivity contribution in [2.24, 2.45) is 0 Å². The fourth-order valence-corrected chi connectivity index (χ4v) is 2.03. The normalized spacial score (nSPS) is 11.8. The zero-order chi connectivity index (χ0) is 13.8. The number of carbonyl (C=O) groups excluding carboxylic acids is 1. The second-order valence-electron chi connectivity index (χ2n) is 4.61. The predicted octanol–water partition coefficient (Wildman–Crippen LogP) is 2.68. The summed E-state index contributed by atoms with van der Waals surface area (Å²) < 4.78 is 0. The molecule has 1 atom stereocenters. The van der Waals surface area contributed by atoms with Gasteiger partial charge in [-0.2, -0.15) is 0 Å². The molecule has 3 nitrogen and oxygen atoms in total. The quantitative estimate of drug-likeness (QED) is 0.853. The number of hydrogen-bond donors (Lipinski definition) is 1. The second kappa shape index (κ2) is 5.53. The van der Waals surface area contributed by atoms with E-state index in [1.54, 1.807) is 6.07 Å². The maximum Gasteiger partial charge on any atom is 0.252 e. The zero-order valence-electron chi connectivity index (χ0n) is 11.1. The fourth-order valence-electron chi connectivity index (χ4n) is 2.03. The van der Waals surface area contributed by atoms with Gasteiger partial charge in [-0.25, -0.2) is 0 Å². The standard InChI is InChI=1S/C16H16N2O/c1-4-7-11(2)18-16(19)14-10-12(3)17-15-9-6-5-8-13(14)15/h1,5-6,8-11H,7H2,2-3H3,(H,18,19). The van der Waals surface area contributed by atoms with E-state index in [0.29, 0.717) is 12.0 Å². The fraction of sp³-hybridized carbons (Fsp3) is 0.250. The number of rotatable bonds is 3. The lowest BCUT2D eigenvalue weighted by atomic mass is 10.1. The molecule has 3 heteroatoms. The molecule has 1 aromatic carbocycles. The van der Waals surface area contributed by atoms with Crippen molar-refractivity contribution in [1.29, 1.82) is 0 Å². The molecule has 19 heavy (non-hydrogen) atoms. The average molecular weight is 252 g/mol. The number of aromatic nitrogens is 1. The van der Waals surface area contributed by atoms with E-state index in [9.17, 15) is 4.79 Å². The van der Waals surface area contributed by atoms with E-state index in [0.717, 1.165) is 16.6 Å². The first-order valence-electron chi connectivity index (χ1n) is 6.22. The van der Waals surface area contributed by atoms with Crippen molar-refractivity contribution in [1.82, 2.24) is 10.3 Å². The van der Waals surface area contributed by atoms with E-state index in [1.807, 2.05) is 38.1 Å². The van der Waals surface area contributed by atoms with Crippen molar-refractivity contribution in [3.05, 3.63) is 41.6 Å². The lowest BCUT2D eigenvalue weighted by Gasteiger charge is -2.13. The Balaban J connectivity index is 2.39. The smallest absolute Gasteiger partial charge is 0.252 e. The molecule has 96 valence electrons. The molecule has 0 aliphatic heterocycles. The Morgan fingerprint density at radius 1 is 1.47 bits per heavy atom. The van der Waals surface area contributed by atoms with Gasteiger partial charge in [-0.15, -0.1) is 12.3 Å². The number of nitrogens with zero attached hydrogens (tertiary/aromatic N) is 1. The van der Waals surface area contributed by atoms with Gasteiger partial charge in [-0.3, -0.25) is 9.78 Å². The van der Waals surface area contributed by atoms with Crippen LogP contribution in [0.15, 0.2) is 30.3 Å². The van der Waals surface area contributed by atoms with Crippen LogP contribution in [0.25, 0.3) is 10.9 Å². The number of aryl methyl sites for hydroxylation is 1. The van der Waals surface area contributed by atoms with Crippen LogP contribution in [0.4, 0.5) is 0 Å². The van der Waals surface area contributed by atoms with E-state index in [2.05, 4.69) is 16.2 Å². The van der Waals surface area contributed by atoms with Crippen LogP contribution >= 0.6 is 0 Å². The van der Waals surface area contributed by atoms with E-state index in [4.69, 9.17) is 6.42 Å². The molecule has 1 N–H and O–H groups in total. The molecule has 0 spiro atoms. The number of fused-ring (bicyclic) bond motifs is 1. The van der Waals surface area contributed by atoms with Crippen LogP contribution in [0, 0.1) is 19.3 Å². The Labute approximate surface area is 113 Å². The molecule has 1 unspecified atom stereocenters. The van der Waals surface area contributed by atoms with Crippen LogP contribution < -0.4 is 5.32 Å². The van der Waals surface area contributed by atoms with E-state index < -0.39 is 0 Å². The second-order valence-corrected chi connectivity index (χ2v) is 4.61. The van der Waals surface area contributed by atoms with Crippen LogP contribution in [0.5, 0.6) is 0 Å². The van der Waals surface area contributed by atoms with Crippen LogP contribution in [-0.2, 0) is 0 Å². The monoisotopic (exact) mass is 252 g/mol. The Bertz CT molecular complexity index is 655. The minimum absolute atomic E-state index is 0.0373. The number of hydrogen-bond acceptors (Lipinski definition) is 2. The summed E-state index contributed by atoms with van der Waals surface area (Å²) in [4.78, 5) is 16.7. The molecule has 1 aromatic heterocycles. The van der Waals surface area contributed by atoms with Gasteiger partial charge in [0.15, 0.2) is 0 Å². The summed E-state index contributed by atoms with van der Waals surface area (Å²) in [5, 5.41) is 3.77. The van der Waals surface area contributed by atoms with Crippen LogP contribution in [0.3, 0.4) is 0 Å². The molecule has 0 fully saturated rings. The molecule has 0 radical (unpaired) electrons. The van der Waals surface area contributed by atoms with Crippen molar-refractivity contribution in [2.75, 3.05) is 0 Å². The average Bonchev–Trinajstić information content (AvgIpc) is 2.37. The van der Waals surface area contributed by atoms with E-state index in [1.165, 1.54) is 0 Å². The van der Waals surface area contributed by atoms with Gasteiger partial charge in [0.2, 0.25) is 0 Å². The van der Waals surface area contributed by atoms with Gasteiger partial charge in [-0.05, 0) is 26.0 Å². The summed E-state index contributed by atoms with van der Waals surface area (Å²) in [5.41, 5.74) is 2.30. The van der Waals surface area contributed by atoms with E-state index >= 15 is 0 Å². The van der Waals surface area contributed by atoms with Crippen molar-refractivity contribution in [3.8, 4) is 12.3 Å². The lowest BCUT2D eigenvalue weighted by Crippen LogP contribution is -2.32. The minimum atomic E-state index is -0.107. The van der Waals surface area contributed by atoms with Gasteiger partial charge in [0, 0.05) is 23.5 Å². The van der Waals surface area contributed by atoms with Crippen molar-refractivity contribution < 1.29 is 4.79 Å². The summed E-state index contributed by atoms with van der Waals surface area (Å²) >= 11 is 0. The highest BCUT2D eigenvalue weighted by molar-refractivity contribution is 6.06. The van der Waals surface area contributed by atoms with Crippen molar-refractivity contribution in [2.45, 2.75) is 26.3 Å². The predicted molar refractivity (Wildman–Crippen MR) is 76.9 cm³/mol. The summed E-state index contributed by atoms with van der Waals surface area (Å²) in [6, 6.07) is 9.40. The molecule has 2 aromatic rings. The molecule has 1 amide bonds. The highest BCUT2D eigenvalue weighted by Gasteiger charge is 2.13. The summed E-state index contributed by atoms with van der Waals surface area (Å²) in [6.45, 7) is 3.78. The number of benzene rings is 1. The van der Waals surface area contributed by atoms with Gasteiger partial charge in [0.25, 0.3) is 5.91 Å². The third kappa shape index (κ3) is 2.92. The highest BCUT2D eigenvalue weighted by atomic mass is 16.1. The topological polar surface area (TPSA) is 42.0 Å². The zero-order valence-corrected chi connectivity index (χ0v) is 11.1. The van der Waals surface area contributed by atoms with Gasteiger partial charge < -0.3 is 5.32 Å². The van der Waals surface area contributed by atoms with Gasteiger partial charge in [0.05, 0.1) is 11.1 Å². The molecule has 0 aliphatic rings. The Morgan fingerprint density at radius 2 is 2.21 bits per heavy atom. The number of para-hydroxylation sites is 1. The Morgan fingerprint density at radius 3 is 2.95 bits per heavy atom. The SMILES string of the molecule is C#CCC(C)NC(=O)c1cc(C)nc2ccccc12. The molecule has 2 rings (SSSR count). The van der Waals surface area contributed by atoms with Crippen molar-refractivity contribution >= 4 is 16.8 Å². The first-order valence-corrected chi connectivity index (χ1v) is 6.22. The molecule has 0 aliphatic carbocycles. The number of nitrogens with one attached hydrogen (secondary N) is 1. The van der Waals surface area contributed by atoms with Crippen LogP contribution in [0.2, 0.25) is 0 Å². The molecular weight excluding hydrogens is 236 g/mol. The molecular formula is C16H16N2O. The highest BCUT2D eigenvalue weighted by Crippen LogP contribution is 2.18. The molecule has 0 bridgehead atoms. The van der Waals surface area contributed by atoms with Crippen LogP contribution in [-0.4, -0.2) is 16.9 Å². The van der Waals surface area contributed by atoms with Gasteiger partial charge >= 0.3 is 0 Å². The van der Waals surface area contributed by atoms with Crippen molar-refractivity contribution in [3.63, 3.8) is 0 Å². The van der Waals surface area contributed by atoms with Gasteiger partial charge in [0.1, 0.15) is 0 Å². The van der Waals surface area contributed by atoms with E-state index in [-0.39, 0.29) is 11.9 Å². The number of pyridine rings is 1. The van der Waals surface area contributed by atoms with Gasteiger partial charge in [-0.1, -0.05) is 18.2 Å². The largest absolute Gasteiger partial charge is 0.349 e. The third-order valence-corrected chi connectivity index (χ3v) is 2.89. The minimum Gasteiger partial charge on any atom is -0.349 e.